The second kappa shape index (κ2) is 2.62. The minimum atomic E-state index is -0.382. The van der Waals surface area contributed by atoms with Crippen LogP contribution >= 0.6 is 0 Å². The largest absolute Gasteiger partial charge is 0.320 e. The van der Waals surface area contributed by atoms with E-state index in [-0.39, 0.29) is 5.54 Å². The first-order valence-corrected chi connectivity index (χ1v) is 3.73. The molecule has 0 aliphatic heterocycles. The van der Waals surface area contributed by atoms with Crippen LogP contribution in [-0.4, -0.2) is 15.0 Å². The molecule has 0 aliphatic rings. The molecule has 0 fully saturated rings. The summed E-state index contributed by atoms with van der Waals surface area (Å²) in [5.74, 6) is 0. The third-order valence-corrected chi connectivity index (χ3v) is 1.52. The van der Waals surface area contributed by atoms with Gasteiger partial charge in [-0.1, -0.05) is 5.21 Å². The van der Waals surface area contributed by atoms with Crippen LogP contribution < -0.4 is 5.73 Å². The lowest BCUT2D eigenvalue weighted by molar-refractivity contribution is 0.533. The Labute approximate surface area is 66.4 Å². The van der Waals surface area contributed by atoms with Crippen LogP contribution in [0.4, 0.5) is 0 Å². The van der Waals surface area contributed by atoms with E-state index in [1.54, 1.807) is 4.68 Å². The molecule has 11 heavy (non-hydrogen) atoms. The summed E-state index contributed by atoms with van der Waals surface area (Å²) in [5.41, 5.74) is 6.26. The number of nitrogens with two attached hydrogens (primary N) is 1. The summed E-state index contributed by atoms with van der Waals surface area (Å²) in [6.45, 7) is 6.68. The average molecular weight is 154 g/mol. The summed E-state index contributed by atoms with van der Waals surface area (Å²) >= 11 is 0. The summed E-state index contributed by atoms with van der Waals surface area (Å²) in [5, 5.41) is 7.83. The number of aryl methyl sites for hydroxylation is 1. The molecule has 0 spiro atoms. The smallest absolute Gasteiger partial charge is 0.102 e. The molecule has 0 atom stereocenters. The van der Waals surface area contributed by atoms with Crippen molar-refractivity contribution in [3.63, 3.8) is 0 Å². The molecule has 1 aromatic heterocycles. The molecule has 0 bridgehead atoms. The van der Waals surface area contributed by atoms with Crippen molar-refractivity contribution in [3.8, 4) is 0 Å². The summed E-state index contributed by atoms with van der Waals surface area (Å²) < 4.78 is 1.77. The van der Waals surface area contributed by atoms with E-state index in [1.165, 1.54) is 0 Å². The van der Waals surface area contributed by atoms with Crippen molar-refractivity contribution in [2.24, 2.45) is 5.73 Å². The van der Waals surface area contributed by atoms with E-state index in [0.29, 0.717) is 0 Å². The Bertz CT molecular complexity index is 233. The molecule has 1 aromatic rings. The molecule has 0 saturated carbocycles. The van der Waals surface area contributed by atoms with Gasteiger partial charge in [0, 0.05) is 6.54 Å². The third-order valence-electron chi connectivity index (χ3n) is 1.52. The Kier molecular flexibility index (Phi) is 1.95. The molecule has 2 N–H and O–H groups in total. The summed E-state index contributed by atoms with van der Waals surface area (Å²) in [7, 11) is 0. The van der Waals surface area contributed by atoms with Crippen molar-refractivity contribution in [1.82, 2.24) is 15.0 Å². The van der Waals surface area contributed by atoms with Crippen LogP contribution in [-0.2, 0) is 12.1 Å². The molecular weight excluding hydrogens is 140 g/mol. The molecule has 1 heterocycles. The van der Waals surface area contributed by atoms with Gasteiger partial charge in [0.15, 0.2) is 0 Å². The van der Waals surface area contributed by atoms with Crippen LogP contribution in [0.25, 0.3) is 0 Å². The van der Waals surface area contributed by atoms with Gasteiger partial charge in [-0.15, -0.1) is 5.10 Å². The second-order valence-corrected chi connectivity index (χ2v) is 3.18. The maximum absolute atomic E-state index is 5.81. The van der Waals surface area contributed by atoms with Crippen LogP contribution in [0.5, 0.6) is 0 Å². The maximum Gasteiger partial charge on any atom is 0.102 e. The highest BCUT2D eigenvalue weighted by molar-refractivity contribution is 5.05. The standard InChI is InChI=1S/C7H14N4/c1-4-11-5-6(9-10-11)7(2,3)8/h5H,4,8H2,1-3H3. The molecule has 0 radical (unpaired) electrons. The van der Waals surface area contributed by atoms with E-state index in [1.807, 2.05) is 27.0 Å². The van der Waals surface area contributed by atoms with Crippen LogP contribution in [0.3, 0.4) is 0 Å². The molecule has 0 unspecified atom stereocenters. The first kappa shape index (κ1) is 8.20. The van der Waals surface area contributed by atoms with Crippen LogP contribution in [0.2, 0.25) is 0 Å². The van der Waals surface area contributed by atoms with E-state index < -0.39 is 0 Å². The van der Waals surface area contributed by atoms with Crippen LogP contribution in [0, 0.1) is 0 Å². The molecule has 0 aliphatic carbocycles. The minimum absolute atomic E-state index is 0.382. The number of rotatable bonds is 2. The Balaban J connectivity index is 2.89. The van der Waals surface area contributed by atoms with Crippen molar-refractivity contribution >= 4 is 0 Å². The fourth-order valence-corrected chi connectivity index (χ4v) is 0.748. The monoisotopic (exact) mass is 154 g/mol. The predicted octanol–water partition coefficient (Wildman–Crippen LogP) is 0.492. The number of nitrogens with zero attached hydrogens (tertiary/aromatic N) is 3. The average Bonchev–Trinajstić information content (AvgIpc) is 2.32. The van der Waals surface area contributed by atoms with Gasteiger partial charge >= 0.3 is 0 Å². The molecule has 0 aromatic carbocycles. The zero-order chi connectivity index (χ0) is 8.48. The number of aromatic nitrogens is 3. The molecule has 4 nitrogen and oxygen atoms in total. The van der Waals surface area contributed by atoms with Crippen molar-refractivity contribution in [3.05, 3.63) is 11.9 Å². The molecular formula is C7H14N4. The maximum atomic E-state index is 5.81. The predicted molar refractivity (Wildman–Crippen MR) is 42.9 cm³/mol. The van der Waals surface area contributed by atoms with Gasteiger partial charge in [-0.2, -0.15) is 0 Å². The molecule has 62 valence electrons. The Morgan fingerprint density at radius 3 is 2.55 bits per heavy atom. The fourth-order valence-electron chi connectivity index (χ4n) is 0.748. The second-order valence-electron chi connectivity index (χ2n) is 3.18. The topological polar surface area (TPSA) is 56.7 Å². The van der Waals surface area contributed by atoms with Crippen molar-refractivity contribution < 1.29 is 0 Å². The van der Waals surface area contributed by atoms with Crippen molar-refractivity contribution in [2.45, 2.75) is 32.9 Å². The Morgan fingerprint density at radius 1 is 1.64 bits per heavy atom. The fraction of sp³-hybridized carbons (Fsp3) is 0.714. The van der Waals surface area contributed by atoms with E-state index in [2.05, 4.69) is 10.3 Å². The normalized spacial score (nSPS) is 12.0. The van der Waals surface area contributed by atoms with Gasteiger partial charge in [-0.05, 0) is 20.8 Å². The lowest BCUT2D eigenvalue weighted by Crippen LogP contribution is -2.29. The van der Waals surface area contributed by atoms with Crippen LogP contribution in [0.1, 0.15) is 26.5 Å². The Hall–Kier alpha value is -0.900. The van der Waals surface area contributed by atoms with E-state index in [0.717, 1.165) is 12.2 Å². The van der Waals surface area contributed by atoms with Gasteiger partial charge < -0.3 is 5.73 Å². The van der Waals surface area contributed by atoms with E-state index >= 15 is 0 Å². The van der Waals surface area contributed by atoms with Gasteiger partial charge in [-0.25, -0.2) is 0 Å². The molecule has 0 amide bonds. The minimum Gasteiger partial charge on any atom is -0.320 e. The third kappa shape index (κ3) is 1.77. The summed E-state index contributed by atoms with van der Waals surface area (Å²) in [6.07, 6.45) is 1.88. The van der Waals surface area contributed by atoms with Gasteiger partial charge in [0.25, 0.3) is 0 Å². The Morgan fingerprint density at radius 2 is 2.27 bits per heavy atom. The van der Waals surface area contributed by atoms with Crippen molar-refractivity contribution in [1.29, 1.82) is 0 Å². The SMILES string of the molecule is CCn1cc(C(C)(C)N)nn1. The highest BCUT2D eigenvalue weighted by Gasteiger charge is 2.17. The summed E-state index contributed by atoms with van der Waals surface area (Å²) in [6, 6.07) is 0. The first-order chi connectivity index (χ1) is 5.04. The van der Waals surface area contributed by atoms with E-state index in [4.69, 9.17) is 5.73 Å². The number of hydrogen-bond donors (Lipinski definition) is 1. The summed E-state index contributed by atoms with van der Waals surface area (Å²) in [4.78, 5) is 0. The van der Waals surface area contributed by atoms with Gasteiger partial charge in [0.2, 0.25) is 0 Å². The molecule has 1 rings (SSSR count). The van der Waals surface area contributed by atoms with Crippen molar-refractivity contribution in [2.75, 3.05) is 0 Å². The molecule has 0 saturated heterocycles. The van der Waals surface area contributed by atoms with E-state index in [9.17, 15) is 0 Å². The molecule has 4 heteroatoms. The highest BCUT2D eigenvalue weighted by Crippen LogP contribution is 2.11. The number of hydrogen-bond acceptors (Lipinski definition) is 3. The van der Waals surface area contributed by atoms with Gasteiger partial charge in [0.1, 0.15) is 5.69 Å². The highest BCUT2D eigenvalue weighted by atomic mass is 15.4. The lowest BCUT2D eigenvalue weighted by Gasteiger charge is -2.13. The van der Waals surface area contributed by atoms with Crippen LogP contribution in [0.15, 0.2) is 6.20 Å². The quantitative estimate of drug-likeness (QED) is 0.674. The lowest BCUT2D eigenvalue weighted by atomic mass is 10.0. The first-order valence-electron chi connectivity index (χ1n) is 3.73. The van der Waals surface area contributed by atoms with Gasteiger partial charge in [-0.3, -0.25) is 4.68 Å². The van der Waals surface area contributed by atoms with Gasteiger partial charge in [0.05, 0.1) is 11.7 Å². The zero-order valence-corrected chi connectivity index (χ0v) is 7.20. The zero-order valence-electron chi connectivity index (χ0n) is 7.20.